The molecule has 0 spiro atoms. The van der Waals surface area contributed by atoms with E-state index in [1.54, 1.807) is 18.2 Å². The molecule has 2 heterocycles. The first-order valence-electron chi connectivity index (χ1n) is 6.75. The van der Waals surface area contributed by atoms with E-state index in [2.05, 4.69) is 20.6 Å². The number of nitrogens with zero attached hydrogens (tertiary/aromatic N) is 4. The van der Waals surface area contributed by atoms with Gasteiger partial charge in [-0.2, -0.15) is 28.5 Å². The molecule has 0 unspecified atom stereocenters. The SMILES string of the molecule is O=C(Nc1ccnnc1)c1cnn(-c2ccccc2)c1C(F)(F)F. The van der Waals surface area contributed by atoms with Gasteiger partial charge in [0, 0.05) is 0 Å². The molecule has 2 aromatic heterocycles. The number of para-hydroxylation sites is 1. The number of aromatic nitrogens is 4. The van der Waals surface area contributed by atoms with Crippen LogP contribution >= 0.6 is 0 Å². The second-order valence-electron chi connectivity index (χ2n) is 4.74. The smallest absolute Gasteiger partial charge is 0.320 e. The molecule has 3 rings (SSSR count). The van der Waals surface area contributed by atoms with Crippen LogP contribution in [0.1, 0.15) is 16.1 Å². The molecule has 0 bridgehead atoms. The number of nitrogens with one attached hydrogen (secondary N) is 1. The highest BCUT2D eigenvalue weighted by molar-refractivity contribution is 6.05. The molecule has 0 fully saturated rings. The van der Waals surface area contributed by atoms with Gasteiger partial charge in [-0.15, -0.1) is 0 Å². The normalized spacial score (nSPS) is 11.3. The number of anilines is 1. The summed E-state index contributed by atoms with van der Waals surface area (Å²) in [5, 5.41) is 13.1. The molecule has 1 amide bonds. The predicted molar refractivity (Wildman–Crippen MR) is 78.6 cm³/mol. The summed E-state index contributed by atoms with van der Waals surface area (Å²) in [5.41, 5.74) is -1.29. The van der Waals surface area contributed by atoms with E-state index >= 15 is 0 Å². The predicted octanol–water partition coefficient (Wildman–Crippen LogP) is 2.93. The molecule has 0 aliphatic carbocycles. The number of carbonyl (C=O) groups is 1. The highest BCUT2D eigenvalue weighted by atomic mass is 19.4. The van der Waals surface area contributed by atoms with Crippen LogP contribution in [0.3, 0.4) is 0 Å². The van der Waals surface area contributed by atoms with Gasteiger partial charge in [-0.25, -0.2) is 4.68 Å². The standard InChI is InChI=1S/C15H10F3N5O/c16-15(17,18)13-12(14(24)22-10-6-7-19-20-8-10)9-21-23(13)11-4-2-1-3-5-11/h1-9H,(H,19,22,24). The largest absolute Gasteiger partial charge is 0.434 e. The number of hydrogen-bond donors (Lipinski definition) is 1. The Morgan fingerprint density at radius 1 is 1.04 bits per heavy atom. The van der Waals surface area contributed by atoms with E-state index in [4.69, 9.17) is 0 Å². The van der Waals surface area contributed by atoms with Crippen LogP contribution in [-0.2, 0) is 6.18 Å². The van der Waals surface area contributed by atoms with E-state index in [9.17, 15) is 18.0 Å². The molecule has 6 nitrogen and oxygen atoms in total. The summed E-state index contributed by atoms with van der Waals surface area (Å²) in [7, 11) is 0. The van der Waals surface area contributed by atoms with Crippen molar-refractivity contribution in [2.24, 2.45) is 0 Å². The van der Waals surface area contributed by atoms with Crippen LogP contribution in [-0.4, -0.2) is 25.9 Å². The Kier molecular flexibility index (Phi) is 3.98. The Bertz CT molecular complexity index is 847. The van der Waals surface area contributed by atoms with Crippen LogP contribution in [0.5, 0.6) is 0 Å². The Hall–Kier alpha value is -3.23. The first-order valence-corrected chi connectivity index (χ1v) is 6.75. The molecule has 0 radical (unpaired) electrons. The van der Waals surface area contributed by atoms with Crippen molar-refractivity contribution in [3.05, 3.63) is 66.2 Å². The Balaban J connectivity index is 2.03. The monoisotopic (exact) mass is 333 g/mol. The molecule has 0 saturated carbocycles. The fraction of sp³-hybridized carbons (Fsp3) is 0.0667. The average Bonchev–Trinajstić information content (AvgIpc) is 3.02. The third-order valence-corrected chi connectivity index (χ3v) is 3.13. The highest BCUT2D eigenvalue weighted by Crippen LogP contribution is 2.33. The highest BCUT2D eigenvalue weighted by Gasteiger charge is 2.40. The molecule has 1 N–H and O–H groups in total. The number of benzene rings is 1. The van der Waals surface area contributed by atoms with Gasteiger partial charge in [0.2, 0.25) is 0 Å². The van der Waals surface area contributed by atoms with Crippen LogP contribution in [0.4, 0.5) is 18.9 Å². The molecule has 0 atom stereocenters. The second kappa shape index (κ2) is 6.11. The van der Waals surface area contributed by atoms with E-state index in [1.165, 1.54) is 30.6 Å². The molecular weight excluding hydrogens is 323 g/mol. The van der Waals surface area contributed by atoms with Gasteiger partial charge in [-0.1, -0.05) is 18.2 Å². The Labute approximate surface area is 133 Å². The van der Waals surface area contributed by atoms with Crippen molar-refractivity contribution in [3.63, 3.8) is 0 Å². The van der Waals surface area contributed by atoms with E-state index in [1.807, 2.05) is 0 Å². The zero-order valence-electron chi connectivity index (χ0n) is 12.0. The number of alkyl halides is 3. The fourth-order valence-electron chi connectivity index (χ4n) is 2.12. The van der Waals surface area contributed by atoms with Gasteiger partial charge in [0.1, 0.15) is 0 Å². The zero-order chi connectivity index (χ0) is 17.2. The lowest BCUT2D eigenvalue weighted by Gasteiger charge is -2.12. The van der Waals surface area contributed by atoms with E-state index in [0.29, 0.717) is 4.68 Å². The van der Waals surface area contributed by atoms with Crippen molar-refractivity contribution in [1.29, 1.82) is 0 Å². The van der Waals surface area contributed by atoms with E-state index < -0.39 is 23.3 Å². The Morgan fingerprint density at radius 3 is 2.42 bits per heavy atom. The molecule has 0 aliphatic heterocycles. The van der Waals surface area contributed by atoms with Gasteiger partial charge in [-0.3, -0.25) is 4.79 Å². The number of amides is 1. The lowest BCUT2D eigenvalue weighted by atomic mass is 10.2. The minimum atomic E-state index is -4.75. The maximum absolute atomic E-state index is 13.5. The van der Waals surface area contributed by atoms with Crippen molar-refractivity contribution in [1.82, 2.24) is 20.0 Å². The summed E-state index contributed by atoms with van der Waals surface area (Å²) >= 11 is 0. The lowest BCUT2D eigenvalue weighted by Crippen LogP contribution is -2.20. The number of hydrogen-bond acceptors (Lipinski definition) is 4. The first-order chi connectivity index (χ1) is 11.5. The van der Waals surface area contributed by atoms with Crippen LogP contribution in [0.2, 0.25) is 0 Å². The summed E-state index contributed by atoms with van der Waals surface area (Å²) in [4.78, 5) is 12.2. The van der Waals surface area contributed by atoms with Gasteiger partial charge in [-0.05, 0) is 18.2 Å². The minimum Gasteiger partial charge on any atom is -0.320 e. The summed E-state index contributed by atoms with van der Waals surface area (Å²) in [6.07, 6.45) is -1.32. The van der Waals surface area contributed by atoms with E-state index in [0.717, 1.165) is 6.20 Å². The third kappa shape index (κ3) is 3.09. The van der Waals surface area contributed by atoms with Gasteiger partial charge < -0.3 is 5.32 Å². The van der Waals surface area contributed by atoms with Crippen LogP contribution in [0, 0.1) is 0 Å². The second-order valence-corrected chi connectivity index (χ2v) is 4.74. The van der Waals surface area contributed by atoms with Crippen LogP contribution in [0.25, 0.3) is 5.69 Å². The molecule has 24 heavy (non-hydrogen) atoms. The van der Waals surface area contributed by atoms with Gasteiger partial charge in [0.05, 0.1) is 35.5 Å². The number of carbonyl (C=O) groups excluding carboxylic acids is 1. The zero-order valence-corrected chi connectivity index (χ0v) is 12.0. The van der Waals surface area contributed by atoms with E-state index in [-0.39, 0.29) is 11.4 Å². The van der Waals surface area contributed by atoms with Gasteiger partial charge in [0.25, 0.3) is 5.91 Å². The summed E-state index contributed by atoms with van der Waals surface area (Å²) in [5.74, 6) is -0.933. The van der Waals surface area contributed by atoms with Gasteiger partial charge in [0.15, 0.2) is 5.69 Å². The molecular formula is C15H10F3N5O. The molecule has 122 valence electrons. The first kappa shape index (κ1) is 15.7. The molecule has 1 aromatic carbocycles. The van der Waals surface area contributed by atoms with Crippen molar-refractivity contribution >= 4 is 11.6 Å². The number of rotatable bonds is 3. The fourth-order valence-corrected chi connectivity index (χ4v) is 2.12. The summed E-state index contributed by atoms with van der Waals surface area (Å²) in [6, 6.07) is 9.19. The lowest BCUT2D eigenvalue weighted by molar-refractivity contribution is -0.143. The van der Waals surface area contributed by atoms with Crippen molar-refractivity contribution in [2.45, 2.75) is 6.18 Å². The third-order valence-electron chi connectivity index (χ3n) is 3.13. The summed E-state index contributed by atoms with van der Waals surface area (Å²) < 4.78 is 41.1. The topological polar surface area (TPSA) is 72.7 Å². The molecule has 9 heteroatoms. The van der Waals surface area contributed by atoms with Gasteiger partial charge >= 0.3 is 6.18 Å². The molecule has 3 aromatic rings. The van der Waals surface area contributed by atoms with Crippen molar-refractivity contribution < 1.29 is 18.0 Å². The number of halogens is 3. The Morgan fingerprint density at radius 2 is 1.79 bits per heavy atom. The molecule has 0 saturated heterocycles. The maximum Gasteiger partial charge on any atom is 0.434 e. The van der Waals surface area contributed by atoms with Crippen LogP contribution in [0.15, 0.2) is 55.0 Å². The quantitative estimate of drug-likeness (QED) is 0.800. The van der Waals surface area contributed by atoms with Crippen molar-refractivity contribution in [2.75, 3.05) is 5.32 Å². The maximum atomic E-state index is 13.5. The summed E-state index contributed by atoms with van der Waals surface area (Å²) in [6.45, 7) is 0. The average molecular weight is 333 g/mol. The minimum absolute atomic E-state index is 0.203. The van der Waals surface area contributed by atoms with Crippen LogP contribution < -0.4 is 5.32 Å². The molecule has 0 aliphatic rings. The van der Waals surface area contributed by atoms with Crippen molar-refractivity contribution in [3.8, 4) is 5.69 Å².